The number of benzene rings is 2. The Labute approximate surface area is 167 Å². The van der Waals surface area contributed by atoms with Crippen molar-refractivity contribution < 1.29 is 14.4 Å². The van der Waals surface area contributed by atoms with Gasteiger partial charge in [-0.1, -0.05) is 34.8 Å². The van der Waals surface area contributed by atoms with Crippen molar-refractivity contribution in [1.29, 1.82) is 0 Å². The maximum absolute atomic E-state index is 13.2. The molecule has 5 heteroatoms. The highest BCUT2D eigenvalue weighted by Crippen LogP contribution is 2.29. The molecule has 1 heterocycles. The summed E-state index contributed by atoms with van der Waals surface area (Å²) in [5.74, 6) is -0.860. The summed E-state index contributed by atoms with van der Waals surface area (Å²) in [4.78, 5) is 29.2. The largest absolute Gasteiger partial charge is 0.344 e. The molecule has 1 aliphatic rings. The molecule has 0 saturated carbocycles. The van der Waals surface area contributed by atoms with Crippen LogP contribution in [0.15, 0.2) is 82.9 Å². The number of carbonyl (C=O) groups excluding carboxylic acids is 2. The lowest BCUT2D eigenvalue weighted by Crippen LogP contribution is -2.16. The Morgan fingerprint density at radius 2 is 1.86 bits per heavy atom. The van der Waals surface area contributed by atoms with Crippen molar-refractivity contribution >= 4 is 39.3 Å². The standard InChI is InChI=1S/C24H18N2O3/c1-16(27)29-25-21(14-17-8-4-3-5-9-17)24(28)18-12-13-23-20(15-18)19-10-6-7-11-22(19)26(23)2/h4,6-13,15H,14H2,1-2H3/b25-21+. The van der Waals surface area contributed by atoms with E-state index in [2.05, 4.69) is 21.2 Å². The fourth-order valence-electron chi connectivity index (χ4n) is 3.43. The summed E-state index contributed by atoms with van der Waals surface area (Å²) in [6, 6.07) is 13.6. The van der Waals surface area contributed by atoms with E-state index in [0.717, 1.165) is 27.4 Å². The number of oxime groups is 1. The molecule has 5 nitrogen and oxygen atoms in total. The molecule has 3 aromatic rings. The van der Waals surface area contributed by atoms with E-state index >= 15 is 0 Å². The number of nitrogens with zero attached hydrogens (tertiary/aromatic N) is 2. The fourth-order valence-corrected chi connectivity index (χ4v) is 3.43. The molecule has 0 N–H and O–H groups in total. The average Bonchev–Trinajstić information content (AvgIpc) is 3.03. The zero-order chi connectivity index (χ0) is 20.4. The van der Waals surface area contributed by atoms with Gasteiger partial charge in [0.25, 0.3) is 0 Å². The zero-order valence-electron chi connectivity index (χ0n) is 16.1. The second-order valence-electron chi connectivity index (χ2n) is 6.78. The Hall–Kier alpha value is -3.91. The van der Waals surface area contributed by atoms with E-state index in [1.54, 1.807) is 18.2 Å². The minimum Gasteiger partial charge on any atom is -0.344 e. The quantitative estimate of drug-likeness (QED) is 0.212. The second-order valence-corrected chi connectivity index (χ2v) is 6.78. The van der Waals surface area contributed by atoms with Crippen molar-refractivity contribution in [2.24, 2.45) is 12.2 Å². The number of aryl methyl sites for hydroxylation is 1. The molecule has 1 aromatic heterocycles. The molecule has 0 unspecified atom stereocenters. The summed E-state index contributed by atoms with van der Waals surface area (Å²) in [6.45, 7) is 1.25. The first-order chi connectivity index (χ1) is 14.0. The van der Waals surface area contributed by atoms with Gasteiger partial charge in [-0.25, -0.2) is 4.79 Å². The predicted molar refractivity (Wildman–Crippen MR) is 113 cm³/mol. The van der Waals surface area contributed by atoms with E-state index in [-0.39, 0.29) is 17.9 Å². The number of hydrogen-bond donors (Lipinski definition) is 0. The van der Waals surface area contributed by atoms with Crippen molar-refractivity contribution in [3.63, 3.8) is 0 Å². The van der Waals surface area contributed by atoms with Crippen LogP contribution in [-0.2, 0) is 16.7 Å². The summed E-state index contributed by atoms with van der Waals surface area (Å²) in [5, 5.41) is 5.90. The number of rotatable bonds is 5. The maximum atomic E-state index is 13.2. The number of allylic oxidation sites excluding steroid dienone is 4. The Morgan fingerprint density at radius 3 is 2.62 bits per heavy atom. The van der Waals surface area contributed by atoms with Crippen LogP contribution in [0.25, 0.3) is 21.8 Å². The van der Waals surface area contributed by atoms with Crippen LogP contribution in [-0.4, -0.2) is 22.0 Å². The highest BCUT2D eigenvalue weighted by atomic mass is 16.7. The number of ketones is 1. The summed E-state index contributed by atoms with van der Waals surface area (Å²) >= 11 is 0. The van der Waals surface area contributed by atoms with Crippen LogP contribution in [0.2, 0.25) is 0 Å². The van der Waals surface area contributed by atoms with Gasteiger partial charge in [0.1, 0.15) is 5.71 Å². The Morgan fingerprint density at radius 1 is 1.07 bits per heavy atom. The van der Waals surface area contributed by atoms with Gasteiger partial charge in [-0.2, -0.15) is 0 Å². The van der Waals surface area contributed by atoms with Gasteiger partial charge in [-0.15, -0.1) is 0 Å². The van der Waals surface area contributed by atoms with E-state index in [9.17, 15) is 9.59 Å². The molecule has 0 atom stereocenters. The number of hydrogen-bond acceptors (Lipinski definition) is 4. The van der Waals surface area contributed by atoms with Gasteiger partial charge >= 0.3 is 5.97 Å². The van der Waals surface area contributed by atoms with Gasteiger partial charge in [0.05, 0.1) is 0 Å². The third kappa shape index (κ3) is 3.61. The highest BCUT2D eigenvalue weighted by molar-refractivity contribution is 6.46. The van der Waals surface area contributed by atoms with Crippen LogP contribution in [0.1, 0.15) is 23.7 Å². The minimum atomic E-state index is -0.576. The van der Waals surface area contributed by atoms with Crippen LogP contribution >= 0.6 is 0 Å². The molecule has 0 radical (unpaired) electrons. The smallest absolute Gasteiger partial charge is 0.331 e. The molecule has 2 aromatic carbocycles. The topological polar surface area (TPSA) is 60.7 Å². The second kappa shape index (κ2) is 7.61. The lowest BCUT2D eigenvalue weighted by Gasteiger charge is -2.07. The Kier molecular flexibility index (Phi) is 4.84. The van der Waals surface area contributed by atoms with E-state index in [4.69, 9.17) is 4.84 Å². The van der Waals surface area contributed by atoms with E-state index in [1.807, 2.05) is 49.5 Å². The molecule has 0 bridgehead atoms. The predicted octanol–water partition coefficient (Wildman–Crippen LogP) is 4.63. The summed E-state index contributed by atoms with van der Waals surface area (Å²) < 4.78 is 2.10. The van der Waals surface area contributed by atoms with Gasteiger partial charge in [-0.3, -0.25) is 4.79 Å². The fraction of sp³-hybridized carbons (Fsp3) is 0.125. The van der Waals surface area contributed by atoms with Crippen molar-refractivity contribution in [2.45, 2.75) is 13.3 Å². The van der Waals surface area contributed by atoms with Gasteiger partial charge < -0.3 is 9.40 Å². The monoisotopic (exact) mass is 382 g/mol. The summed E-state index contributed by atoms with van der Waals surface area (Å²) in [5.41, 5.74) is 9.28. The van der Waals surface area contributed by atoms with Crippen LogP contribution in [0.4, 0.5) is 0 Å². The first kappa shape index (κ1) is 18.5. The number of fused-ring (bicyclic) bond motifs is 3. The van der Waals surface area contributed by atoms with E-state index in [0.29, 0.717) is 5.56 Å². The minimum absolute atomic E-state index is 0.152. The maximum Gasteiger partial charge on any atom is 0.331 e. The SMILES string of the molecule is CC(=O)O/N=C(\CC1=CC=C=C=C1)C(=O)c1ccc2c(c1)c1ccccc1n2C. The van der Waals surface area contributed by atoms with Gasteiger partial charge in [0.2, 0.25) is 5.78 Å². The molecule has 0 amide bonds. The lowest BCUT2D eigenvalue weighted by molar-refractivity contribution is -0.140. The molecule has 0 fully saturated rings. The van der Waals surface area contributed by atoms with Crippen molar-refractivity contribution in [3.05, 3.63) is 83.3 Å². The summed E-state index contributed by atoms with van der Waals surface area (Å²) in [7, 11) is 2.00. The van der Waals surface area contributed by atoms with Crippen LogP contribution in [0.5, 0.6) is 0 Å². The molecule has 4 rings (SSSR count). The summed E-state index contributed by atoms with van der Waals surface area (Å²) in [6.07, 6.45) is 5.49. The molecular formula is C24H18N2O3. The Balaban J connectivity index is 1.76. The third-order valence-corrected chi connectivity index (χ3v) is 4.82. The first-order valence-electron chi connectivity index (χ1n) is 9.17. The first-order valence-corrected chi connectivity index (χ1v) is 9.17. The highest BCUT2D eigenvalue weighted by Gasteiger charge is 2.19. The average molecular weight is 382 g/mol. The Bertz CT molecular complexity index is 1320. The number of Topliss-reactive ketones (excluding diaryl/α,β-unsaturated/α-hetero) is 1. The van der Waals surface area contributed by atoms with Crippen LogP contribution in [0, 0.1) is 0 Å². The number of para-hydroxylation sites is 1. The van der Waals surface area contributed by atoms with Crippen LogP contribution in [0.3, 0.4) is 0 Å². The number of carbonyl (C=O) groups is 2. The van der Waals surface area contributed by atoms with Crippen molar-refractivity contribution in [3.8, 4) is 0 Å². The van der Waals surface area contributed by atoms with Crippen molar-refractivity contribution in [2.75, 3.05) is 0 Å². The molecule has 142 valence electrons. The normalized spacial score (nSPS) is 13.2. The van der Waals surface area contributed by atoms with Gasteiger partial charge in [0.15, 0.2) is 0 Å². The van der Waals surface area contributed by atoms with E-state index in [1.165, 1.54) is 6.92 Å². The lowest BCUT2D eigenvalue weighted by atomic mass is 9.98. The molecule has 0 aliphatic heterocycles. The van der Waals surface area contributed by atoms with E-state index < -0.39 is 5.97 Å². The van der Waals surface area contributed by atoms with Gasteiger partial charge in [0, 0.05) is 47.8 Å². The third-order valence-electron chi connectivity index (χ3n) is 4.82. The van der Waals surface area contributed by atoms with Crippen molar-refractivity contribution in [1.82, 2.24) is 4.57 Å². The number of aromatic nitrogens is 1. The molecule has 0 spiro atoms. The van der Waals surface area contributed by atoms with Crippen LogP contribution < -0.4 is 0 Å². The zero-order valence-corrected chi connectivity index (χ0v) is 16.1. The van der Waals surface area contributed by atoms with Gasteiger partial charge in [-0.05, 0) is 48.1 Å². The molecule has 0 saturated heterocycles. The molecule has 29 heavy (non-hydrogen) atoms. The molecule has 1 aliphatic carbocycles. The molecular weight excluding hydrogens is 364 g/mol.